The van der Waals surface area contributed by atoms with Gasteiger partial charge in [-0.1, -0.05) is 6.92 Å². The lowest BCUT2D eigenvalue weighted by atomic mass is 10.1. The molecule has 0 aromatic carbocycles. The highest BCUT2D eigenvalue weighted by molar-refractivity contribution is 7.55. The Labute approximate surface area is 68.6 Å². The normalized spacial score (nSPS) is 13.5. The summed E-state index contributed by atoms with van der Waals surface area (Å²) < 4.78 is 21.5. The van der Waals surface area contributed by atoms with E-state index in [-0.39, 0.29) is 0 Å². The van der Waals surface area contributed by atoms with Gasteiger partial charge in [0.15, 0.2) is 0 Å². The van der Waals surface area contributed by atoms with E-state index in [1.165, 1.54) is 14.2 Å². The third kappa shape index (κ3) is 2.05. The van der Waals surface area contributed by atoms with Crippen molar-refractivity contribution in [2.45, 2.75) is 32.3 Å². The molecule has 4 heteroatoms. The SMILES string of the molecule is CCC(C)(C)P(=O)(OC)OC. The molecule has 0 unspecified atom stereocenters. The van der Waals surface area contributed by atoms with E-state index in [0.29, 0.717) is 0 Å². The van der Waals surface area contributed by atoms with Crippen LogP contribution in [0.4, 0.5) is 0 Å². The summed E-state index contributed by atoms with van der Waals surface area (Å²) in [6.07, 6.45) is 0.770. The van der Waals surface area contributed by atoms with E-state index < -0.39 is 12.8 Å². The maximum atomic E-state index is 11.8. The fourth-order valence-electron chi connectivity index (χ4n) is 0.762. The summed E-state index contributed by atoms with van der Waals surface area (Å²) in [6.45, 7) is 5.71. The Kier molecular flexibility index (Phi) is 3.75. The summed E-state index contributed by atoms with van der Waals surface area (Å²) in [5.41, 5.74) is 0. The summed E-state index contributed by atoms with van der Waals surface area (Å²) >= 11 is 0. The van der Waals surface area contributed by atoms with Crippen molar-refractivity contribution in [1.29, 1.82) is 0 Å². The minimum atomic E-state index is -2.88. The van der Waals surface area contributed by atoms with Crippen molar-refractivity contribution in [3.05, 3.63) is 0 Å². The van der Waals surface area contributed by atoms with E-state index in [1.807, 2.05) is 20.8 Å². The Morgan fingerprint density at radius 3 is 1.73 bits per heavy atom. The quantitative estimate of drug-likeness (QED) is 0.624. The van der Waals surface area contributed by atoms with Crippen LogP contribution in [-0.4, -0.2) is 19.4 Å². The second kappa shape index (κ2) is 3.70. The molecule has 11 heavy (non-hydrogen) atoms. The molecule has 0 aliphatic carbocycles. The maximum Gasteiger partial charge on any atom is 0.335 e. The predicted molar refractivity (Wildman–Crippen MR) is 46.0 cm³/mol. The van der Waals surface area contributed by atoms with Crippen LogP contribution in [-0.2, 0) is 13.6 Å². The van der Waals surface area contributed by atoms with Gasteiger partial charge in [-0.05, 0) is 20.3 Å². The fraction of sp³-hybridized carbons (Fsp3) is 1.00. The van der Waals surface area contributed by atoms with Gasteiger partial charge < -0.3 is 9.05 Å². The van der Waals surface area contributed by atoms with Crippen molar-refractivity contribution in [1.82, 2.24) is 0 Å². The van der Waals surface area contributed by atoms with Gasteiger partial charge in [0, 0.05) is 14.2 Å². The van der Waals surface area contributed by atoms with Crippen LogP contribution in [0.3, 0.4) is 0 Å². The Hall–Kier alpha value is 0.150. The minimum Gasteiger partial charge on any atom is -0.312 e. The molecule has 0 aromatic heterocycles. The average molecular weight is 180 g/mol. The largest absolute Gasteiger partial charge is 0.335 e. The molecular weight excluding hydrogens is 163 g/mol. The molecule has 0 fully saturated rings. The molecule has 0 bridgehead atoms. The third-order valence-corrected chi connectivity index (χ3v) is 4.85. The molecular formula is C7H17O3P. The first kappa shape index (κ1) is 11.2. The topological polar surface area (TPSA) is 35.5 Å². The first-order valence-corrected chi connectivity index (χ1v) is 5.19. The fourth-order valence-corrected chi connectivity index (χ4v) is 2.29. The van der Waals surface area contributed by atoms with Gasteiger partial charge in [-0.3, -0.25) is 4.57 Å². The molecule has 0 saturated heterocycles. The molecule has 0 radical (unpaired) electrons. The zero-order chi connectivity index (χ0) is 9.12. The molecule has 0 aliphatic heterocycles. The summed E-state index contributed by atoms with van der Waals surface area (Å²) in [5.74, 6) is 0. The molecule has 0 heterocycles. The van der Waals surface area contributed by atoms with E-state index >= 15 is 0 Å². The minimum absolute atomic E-state index is 0.392. The first-order chi connectivity index (χ1) is 4.93. The lowest BCUT2D eigenvalue weighted by molar-refractivity contribution is 0.249. The monoisotopic (exact) mass is 180 g/mol. The van der Waals surface area contributed by atoms with Crippen molar-refractivity contribution in [2.75, 3.05) is 14.2 Å². The van der Waals surface area contributed by atoms with Crippen LogP contribution in [0.15, 0.2) is 0 Å². The lowest BCUT2D eigenvalue weighted by Gasteiger charge is -2.29. The molecule has 0 spiro atoms. The van der Waals surface area contributed by atoms with Crippen LogP contribution in [0.25, 0.3) is 0 Å². The van der Waals surface area contributed by atoms with E-state index in [1.54, 1.807) is 0 Å². The molecule has 0 aromatic rings. The Balaban J connectivity index is 4.63. The molecule has 0 rings (SSSR count). The molecule has 0 saturated carbocycles. The van der Waals surface area contributed by atoms with Crippen LogP contribution in [0.1, 0.15) is 27.2 Å². The lowest BCUT2D eigenvalue weighted by Crippen LogP contribution is -2.20. The summed E-state index contributed by atoms with van der Waals surface area (Å²) in [7, 11) is -0.0474. The maximum absolute atomic E-state index is 11.8. The predicted octanol–water partition coefficient (Wildman–Crippen LogP) is 2.66. The van der Waals surface area contributed by atoms with Crippen LogP contribution in [0, 0.1) is 0 Å². The van der Waals surface area contributed by atoms with Crippen molar-refractivity contribution in [3.63, 3.8) is 0 Å². The highest BCUT2D eigenvalue weighted by Gasteiger charge is 2.40. The smallest absolute Gasteiger partial charge is 0.312 e. The van der Waals surface area contributed by atoms with Gasteiger partial charge in [0.25, 0.3) is 0 Å². The van der Waals surface area contributed by atoms with Crippen molar-refractivity contribution in [2.24, 2.45) is 0 Å². The molecule has 0 aliphatic rings. The first-order valence-electron chi connectivity index (χ1n) is 3.65. The molecule has 0 amide bonds. The van der Waals surface area contributed by atoms with E-state index in [4.69, 9.17) is 9.05 Å². The highest BCUT2D eigenvalue weighted by Crippen LogP contribution is 2.59. The van der Waals surface area contributed by atoms with Crippen molar-refractivity contribution in [3.8, 4) is 0 Å². The zero-order valence-electron chi connectivity index (χ0n) is 7.88. The molecule has 0 atom stereocenters. The zero-order valence-corrected chi connectivity index (χ0v) is 8.77. The van der Waals surface area contributed by atoms with Crippen molar-refractivity contribution >= 4 is 7.60 Å². The highest BCUT2D eigenvalue weighted by atomic mass is 31.2. The van der Waals surface area contributed by atoms with Gasteiger partial charge in [0.05, 0.1) is 5.16 Å². The van der Waals surface area contributed by atoms with Crippen LogP contribution in [0.2, 0.25) is 0 Å². The second-order valence-corrected chi connectivity index (χ2v) is 5.96. The van der Waals surface area contributed by atoms with Gasteiger partial charge in [-0.15, -0.1) is 0 Å². The number of hydrogen-bond acceptors (Lipinski definition) is 3. The van der Waals surface area contributed by atoms with Crippen LogP contribution in [0.5, 0.6) is 0 Å². The van der Waals surface area contributed by atoms with Gasteiger partial charge in [0.2, 0.25) is 0 Å². The van der Waals surface area contributed by atoms with Gasteiger partial charge >= 0.3 is 7.60 Å². The Bertz CT molecular complexity index is 157. The van der Waals surface area contributed by atoms with Gasteiger partial charge in [-0.25, -0.2) is 0 Å². The van der Waals surface area contributed by atoms with E-state index in [9.17, 15) is 4.57 Å². The van der Waals surface area contributed by atoms with Gasteiger partial charge in [0.1, 0.15) is 0 Å². The Morgan fingerprint density at radius 2 is 1.64 bits per heavy atom. The third-order valence-electron chi connectivity index (χ3n) is 2.09. The summed E-state index contributed by atoms with van der Waals surface area (Å²) in [6, 6.07) is 0. The molecule has 3 nitrogen and oxygen atoms in total. The van der Waals surface area contributed by atoms with Crippen molar-refractivity contribution < 1.29 is 13.6 Å². The molecule has 68 valence electrons. The Morgan fingerprint density at radius 1 is 1.27 bits per heavy atom. The van der Waals surface area contributed by atoms with E-state index in [0.717, 1.165) is 6.42 Å². The molecule has 0 N–H and O–H groups in total. The number of hydrogen-bond donors (Lipinski definition) is 0. The summed E-state index contributed by atoms with van der Waals surface area (Å²) in [5, 5.41) is -0.392. The summed E-state index contributed by atoms with van der Waals surface area (Å²) in [4.78, 5) is 0. The van der Waals surface area contributed by atoms with Crippen LogP contribution >= 0.6 is 7.60 Å². The standard InChI is InChI=1S/C7H17O3P/c1-6-7(2,3)11(8,9-4)10-5/h6H2,1-5H3. The van der Waals surface area contributed by atoms with E-state index in [2.05, 4.69) is 0 Å². The average Bonchev–Trinajstić information content (AvgIpc) is 2.02. The van der Waals surface area contributed by atoms with Gasteiger partial charge in [-0.2, -0.15) is 0 Å². The van der Waals surface area contributed by atoms with Crippen LogP contribution < -0.4 is 0 Å². The number of rotatable bonds is 4. The second-order valence-electron chi connectivity index (χ2n) is 3.03.